The predicted molar refractivity (Wildman–Crippen MR) is 116 cm³/mol. The van der Waals surface area contributed by atoms with E-state index in [1.165, 1.54) is 6.07 Å². The Morgan fingerprint density at radius 1 is 1.37 bits per heavy atom. The summed E-state index contributed by atoms with van der Waals surface area (Å²) < 4.78 is 11.1. The first-order valence-electron chi connectivity index (χ1n) is 9.02. The second-order valence-corrected chi connectivity index (χ2v) is 6.26. The summed E-state index contributed by atoms with van der Waals surface area (Å²) in [4.78, 5) is 14.6. The third-order valence-electron chi connectivity index (χ3n) is 4.26. The van der Waals surface area contributed by atoms with Crippen molar-refractivity contribution in [1.29, 1.82) is 0 Å². The van der Waals surface area contributed by atoms with Crippen molar-refractivity contribution >= 4 is 35.6 Å². The van der Waals surface area contributed by atoms with Gasteiger partial charge in [-0.3, -0.25) is 15.1 Å². The fraction of sp³-hybridized carbons (Fsp3) is 0.611. The lowest BCUT2D eigenvalue weighted by Crippen LogP contribution is -2.37. The summed E-state index contributed by atoms with van der Waals surface area (Å²) in [7, 11) is 1.70. The number of rotatable bonds is 9. The van der Waals surface area contributed by atoms with E-state index in [4.69, 9.17) is 9.47 Å². The maximum Gasteiger partial charge on any atom is 0.269 e. The van der Waals surface area contributed by atoms with E-state index < -0.39 is 4.92 Å². The maximum absolute atomic E-state index is 10.8. The van der Waals surface area contributed by atoms with E-state index in [0.717, 1.165) is 51.2 Å². The standard InChI is InChI=1S/C18H28N4O4.HI/c1-19-18(21-13-16-4-2-5-17(12-16)22(23)24)20-8-3-9-26-14-15-6-10-25-11-7-15;/h2,4-5,12,15H,3,6-11,13-14H2,1H3,(H2,19,20,21);1H. The number of non-ortho nitro benzene ring substituents is 1. The molecule has 1 aliphatic rings. The van der Waals surface area contributed by atoms with Crippen LogP contribution in [0.15, 0.2) is 29.3 Å². The second-order valence-electron chi connectivity index (χ2n) is 6.26. The largest absolute Gasteiger partial charge is 0.381 e. The number of halogens is 1. The fourth-order valence-corrected chi connectivity index (χ4v) is 2.73. The number of aliphatic imine (C=N–C) groups is 1. The van der Waals surface area contributed by atoms with E-state index in [1.54, 1.807) is 19.2 Å². The number of hydrogen-bond acceptors (Lipinski definition) is 5. The average molecular weight is 492 g/mol. The Labute approximate surface area is 177 Å². The molecule has 2 N–H and O–H groups in total. The summed E-state index contributed by atoms with van der Waals surface area (Å²) in [5.41, 5.74) is 0.927. The third kappa shape index (κ3) is 9.34. The van der Waals surface area contributed by atoms with Crippen LogP contribution in [0.1, 0.15) is 24.8 Å². The third-order valence-corrected chi connectivity index (χ3v) is 4.26. The van der Waals surface area contributed by atoms with Gasteiger partial charge < -0.3 is 20.1 Å². The molecule has 2 rings (SSSR count). The first-order valence-corrected chi connectivity index (χ1v) is 9.02. The number of nitrogens with zero attached hydrogens (tertiary/aromatic N) is 2. The van der Waals surface area contributed by atoms with Crippen LogP contribution in [0, 0.1) is 16.0 Å². The summed E-state index contributed by atoms with van der Waals surface area (Å²) >= 11 is 0. The predicted octanol–water partition coefficient (Wildman–Crippen LogP) is 2.71. The molecule has 0 unspecified atom stereocenters. The van der Waals surface area contributed by atoms with Crippen molar-refractivity contribution in [3.8, 4) is 0 Å². The van der Waals surface area contributed by atoms with Crippen LogP contribution in [0.25, 0.3) is 0 Å². The van der Waals surface area contributed by atoms with Crippen LogP contribution in [-0.4, -0.2) is 50.9 Å². The summed E-state index contributed by atoms with van der Waals surface area (Å²) in [5.74, 6) is 1.29. The smallest absolute Gasteiger partial charge is 0.269 e. The van der Waals surface area contributed by atoms with Crippen molar-refractivity contribution < 1.29 is 14.4 Å². The molecule has 1 heterocycles. The summed E-state index contributed by atoms with van der Waals surface area (Å²) in [6.07, 6.45) is 3.07. The average Bonchev–Trinajstić information content (AvgIpc) is 2.68. The quantitative estimate of drug-likeness (QED) is 0.137. The Bertz CT molecular complexity index is 594. The van der Waals surface area contributed by atoms with Crippen LogP contribution < -0.4 is 10.6 Å². The van der Waals surface area contributed by atoms with Gasteiger partial charge in [0.1, 0.15) is 0 Å². The fourth-order valence-electron chi connectivity index (χ4n) is 2.73. The van der Waals surface area contributed by atoms with Crippen LogP contribution in [-0.2, 0) is 16.0 Å². The minimum absolute atomic E-state index is 0. The van der Waals surface area contributed by atoms with Gasteiger partial charge in [-0.2, -0.15) is 0 Å². The molecule has 1 aromatic rings. The zero-order valence-electron chi connectivity index (χ0n) is 15.7. The van der Waals surface area contributed by atoms with E-state index >= 15 is 0 Å². The molecule has 0 radical (unpaired) electrons. The summed E-state index contributed by atoms with van der Waals surface area (Å²) in [5, 5.41) is 17.2. The van der Waals surface area contributed by atoms with Crippen LogP contribution in [0.2, 0.25) is 0 Å². The topological polar surface area (TPSA) is 98.0 Å². The van der Waals surface area contributed by atoms with Crippen molar-refractivity contribution in [2.24, 2.45) is 10.9 Å². The van der Waals surface area contributed by atoms with Gasteiger partial charge in [0.25, 0.3) is 5.69 Å². The molecular formula is C18H29IN4O4. The number of nitrogens with one attached hydrogen (secondary N) is 2. The van der Waals surface area contributed by atoms with Crippen LogP contribution in [0.5, 0.6) is 0 Å². The van der Waals surface area contributed by atoms with Gasteiger partial charge in [-0.25, -0.2) is 0 Å². The van der Waals surface area contributed by atoms with E-state index in [-0.39, 0.29) is 29.7 Å². The lowest BCUT2D eigenvalue weighted by Gasteiger charge is -2.21. The van der Waals surface area contributed by atoms with Crippen molar-refractivity contribution in [3.05, 3.63) is 39.9 Å². The Kier molecular flexibility index (Phi) is 11.9. The number of benzene rings is 1. The van der Waals surface area contributed by atoms with E-state index in [0.29, 0.717) is 25.0 Å². The summed E-state index contributed by atoms with van der Waals surface area (Å²) in [6, 6.07) is 6.57. The number of hydrogen-bond donors (Lipinski definition) is 2. The Hall–Kier alpha value is -1.46. The molecule has 0 atom stereocenters. The monoisotopic (exact) mass is 492 g/mol. The Morgan fingerprint density at radius 2 is 2.15 bits per heavy atom. The molecule has 8 nitrogen and oxygen atoms in total. The lowest BCUT2D eigenvalue weighted by molar-refractivity contribution is -0.384. The Balaban J connectivity index is 0.00000364. The zero-order valence-corrected chi connectivity index (χ0v) is 18.0. The van der Waals surface area contributed by atoms with Gasteiger partial charge in [0.2, 0.25) is 0 Å². The molecule has 0 saturated carbocycles. The summed E-state index contributed by atoms with van der Waals surface area (Å²) in [6.45, 7) is 4.45. The van der Waals surface area contributed by atoms with Gasteiger partial charge in [-0.05, 0) is 30.7 Å². The number of nitro groups is 1. The van der Waals surface area contributed by atoms with Gasteiger partial charge in [0.15, 0.2) is 5.96 Å². The van der Waals surface area contributed by atoms with Gasteiger partial charge >= 0.3 is 0 Å². The van der Waals surface area contributed by atoms with Gasteiger partial charge in [-0.15, -0.1) is 24.0 Å². The zero-order chi connectivity index (χ0) is 18.6. The van der Waals surface area contributed by atoms with Gasteiger partial charge in [0, 0.05) is 58.7 Å². The first-order chi connectivity index (χ1) is 12.7. The minimum Gasteiger partial charge on any atom is -0.381 e. The molecule has 0 aliphatic carbocycles. The molecular weight excluding hydrogens is 463 g/mol. The highest BCUT2D eigenvalue weighted by molar-refractivity contribution is 14.0. The SMILES string of the molecule is CN=C(NCCCOCC1CCOCC1)NCc1cccc([N+](=O)[O-])c1.I. The van der Waals surface area contributed by atoms with E-state index in [9.17, 15) is 10.1 Å². The van der Waals surface area contributed by atoms with Crippen molar-refractivity contribution in [2.75, 3.05) is 40.0 Å². The lowest BCUT2D eigenvalue weighted by atomic mass is 10.0. The first kappa shape index (κ1) is 23.6. The van der Waals surface area contributed by atoms with Gasteiger partial charge in [-0.1, -0.05) is 12.1 Å². The maximum atomic E-state index is 10.8. The van der Waals surface area contributed by atoms with Crippen LogP contribution >= 0.6 is 24.0 Å². The van der Waals surface area contributed by atoms with E-state index in [2.05, 4.69) is 15.6 Å². The second kappa shape index (κ2) is 13.7. The molecule has 1 aliphatic heterocycles. The normalized spacial score (nSPS) is 15.1. The molecule has 0 amide bonds. The molecule has 1 saturated heterocycles. The molecule has 9 heteroatoms. The van der Waals surface area contributed by atoms with Crippen LogP contribution in [0.4, 0.5) is 5.69 Å². The minimum atomic E-state index is -0.392. The number of ether oxygens (including phenoxy) is 2. The van der Waals surface area contributed by atoms with Gasteiger partial charge in [0.05, 0.1) is 4.92 Å². The van der Waals surface area contributed by atoms with Crippen molar-refractivity contribution in [3.63, 3.8) is 0 Å². The van der Waals surface area contributed by atoms with Crippen molar-refractivity contribution in [1.82, 2.24) is 10.6 Å². The highest BCUT2D eigenvalue weighted by Crippen LogP contribution is 2.14. The molecule has 0 bridgehead atoms. The van der Waals surface area contributed by atoms with E-state index in [1.807, 2.05) is 6.07 Å². The van der Waals surface area contributed by atoms with Crippen LogP contribution in [0.3, 0.4) is 0 Å². The number of nitro benzene ring substituents is 1. The molecule has 1 fully saturated rings. The highest BCUT2D eigenvalue weighted by Gasteiger charge is 2.13. The molecule has 1 aromatic carbocycles. The Morgan fingerprint density at radius 3 is 2.85 bits per heavy atom. The highest BCUT2D eigenvalue weighted by atomic mass is 127. The molecule has 27 heavy (non-hydrogen) atoms. The molecule has 152 valence electrons. The molecule has 0 aromatic heterocycles. The molecule has 0 spiro atoms. The number of guanidine groups is 1. The van der Waals surface area contributed by atoms with Crippen molar-refractivity contribution in [2.45, 2.75) is 25.8 Å².